The fraction of sp³-hybridized carbons (Fsp3) is 0.833. The molecule has 9 nitrogen and oxygen atoms in total. The van der Waals surface area contributed by atoms with Crippen molar-refractivity contribution >= 4 is 19.8 Å². The molecule has 0 amide bonds. The van der Waals surface area contributed by atoms with Crippen molar-refractivity contribution in [3.8, 4) is 0 Å². The Morgan fingerprint density at radius 1 is 0.534 bits per heavy atom. The number of likely N-dealkylation sites (N-methyl/N-ethyl adjacent to an activating group) is 1. The van der Waals surface area contributed by atoms with Gasteiger partial charge in [-0.2, -0.15) is 0 Å². The summed E-state index contributed by atoms with van der Waals surface area (Å²) in [5.74, 6) is -0.812. The van der Waals surface area contributed by atoms with Gasteiger partial charge in [-0.15, -0.1) is 0 Å². The number of ether oxygens (including phenoxy) is 2. The number of carbonyl (C=O) groups excluding carboxylic acids is 2. The van der Waals surface area contributed by atoms with Crippen molar-refractivity contribution in [2.75, 3.05) is 33.4 Å². The van der Waals surface area contributed by atoms with Gasteiger partial charge in [0, 0.05) is 19.4 Å². The molecule has 10 heteroatoms. The third-order valence-corrected chi connectivity index (χ3v) is 11.2. The van der Waals surface area contributed by atoms with Gasteiger partial charge in [-0.1, -0.05) is 172 Å². The third kappa shape index (κ3) is 43.8. The summed E-state index contributed by atoms with van der Waals surface area (Å²) in [4.78, 5) is 35.2. The first-order chi connectivity index (χ1) is 28.3. The van der Waals surface area contributed by atoms with Gasteiger partial charge in [-0.3, -0.25) is 18.6 Å². The number of rotatable bonds is 45. The molecular formula is C48H90NO8P. The number of hydrogen-bond acceptors (Lipinski definition) is 8. The zero-order valence-electron chi connectivity index (χ0n) is 37.7. The predicted octanol–water partition coefficient (Wildman–Crippen LogP) is 14.0. The first-order valence-corrected chi connectivity index (χ1v) is 25.4. The Labute approximate surface area is 356 Å². The summed E-state index contributed by atoms with van der Waals surface area (Å²) in [6, 6.07) is 0. The average molecular weight is 840 g/mol. The molecule has 0 saturated heterocycles. The molecule has 0 aliphatic heterocycles. The van der Waals surface area contributed by atoms with Crippen LogP contribution in [0.3, 0.4) is 0 Å². The molecule has 0 aromatic carbocycles. The van der Waals surface area contributed by atoms with Crippen molar-refractivity contribution in [1.82, 2.24) is 5.32 Å². The predicted molar refractivity (Wildman–Crippen MR) is 243 cm³/mol. The topological polar surface area (TPSA) is 120 Å². The van der Waals surface area contributed by atoms with Crippen LogP contribution in [0.1, 0.15) is 219 Å². The fourth-order valence-corrected chi connectivity index (χ4v) is 7.33. The number of esters is 2. The zero-order valence-corrected chi connectivity index (χ0v) is 38.6. The summed E-state index contributed by atoms with van der Waals surface area (Å²) in [6.07, 6.45) is 49.0. The Balaban J connectivity index is 4.17. The Hall–Kier alpha value is -1.77. The lowest BCUT2D eigenvalue weighted by atomic mass is 10.1. The largest absolute Gasteiger partial charge is 0.472 e. The molecule has 0 rings (SSSR count). The molecule has 0 radical (unpaired) electrons. The maximum Gasteiger partial charge on any atom is 0.472 e. The van der Waals surface area contributed by atoms with E-state index in [1.54, 1.807) is 7.05 Å². The highest BCUT2D eigenvalue weighted by atomic mass is 31.2. The molecule has 0 aliphatic carbocycles. The SMILES string of the molecule is CCCCC/C=C\C/C=C\CCCCCCCCCC(=O)OCC(COP(=O)(O)OCCNC)OC(=O)CCCCCCCCCCC/C=C\CCCCCCCC. The summed E-state index contributed by atoms with van der Waals surface area (Å²) < 4.78 is 33.3. The number of hydrogen-bond donors (Lipinski definition) is 2. The van der Waals surface area contributed by atoms with Gasteiger partial charge in [-0.25, -0.2) is 4.57 Å². The van der Waals surface area contributed by atoms with Crippen LogP contribution in [0, 0.1) is 0 Å². The standard InChI is InChI=1S/C48H90NO8P/c1-4-6-8-10-12-14-16-18-20-22-23-25-27-29-31-33-35-37-39-41-48(51)57-46(45-56-58(52,53)55-43-42-49-3)44-54-47(50)40-38-36-34-32-30-28-26-24-21-19-17-15-13-11-9-7-5-2/h13,15,18-21,46,49H,4-12,14,16-17,22-45H2,1-3H3,(H,52,53)/b15-13-,20-18-,21-19-. The molecule has 0 fully saturated rings. The zero-order chi connectivity index (χ0) is 42.5. The van der Waals surface area contributed by atoms with E-state index in [-0.39, 0.29) is 32.0 Å². The second-order valence-electron chi connectivity index (χ2n) is 15.9. The first-order valence-electron chi connectivity index (χ1n) is 23.9. The minimum atomic E-state index is -4.35. The maximum atomic E-state index is 12.7. The van der Waals surface area contributed by atoms with Crippen LogP contribution in [-0.4, -0.2) is 56.3 Å². The maximum absolute atomic E-state index is 12.7. The van der Waals surface area contributed by atoms with Crippen LogP contribution in [0.4, 0.5) is 0 Å². The number of unbranched alkanes of at least 4 members (excludes halogenated alkanes) is 25. The van der Waals surface area contributed by atoms with E-state index < -0.39 is 26.5 Å². The van der Waals surface area contributed by atoms with Crippen molar-refractivity contribution in [2.45, 2.75) is 225 Å². The summed E-state index contributed by atoms with van der Waals surface area (Å²) in [5, 5.41) is 2.83. The smallest absolute Gasteiger partial charge is 0.462 e. The van der Waals surface area contributed by atoms with Gasteiger partial charge in [-0.05, 0) is 77.7 Å². The number of carbonyl (C=O) groups is 2. The third-order valence-electron chi connectivity index (χ3n) is 10.2. The summed E-state index contributed by atoms with van der Waals surface area (Å²) in [5.41, 5.74) is 0. The molecule has 2 N–H and O–H groups in total. The van der Waals surface area contributed by atoms with Crippen molar-refractivity contribution in [3.63, 3.8) is 0 Å². The molecular weight excluding hydrogens is 750 g/mol. The van der Waals surface area contributed by atoms with E-state index >= 15 is 0 Å². The molecule has 0 bridgehead atoms. The normalized spacial score (nSPS) is 13.5. The van der Waals surface area contributed by atoms with Crippen LogP contribution in [0.2, 0.25) is 0 Å². The van der Waals surface area contributed by atoms with Gasteiger partial charge >= 0.3 is 19.8 Å². The van der Waals surface area contributed by atoms with Gasteiger partial charge in [0.2, 0.25) is 0 Å². The molecule has 340 valence electrons. The van der Waals surface area contributed by atoms with Crippen LogP contribution >= 0.6 is 7.82 Å². The van der Waals surface area contributed by atoms with E-state index in [9.17, 15) is 19.0 Å². The molecule has 2 unspecified atom stereocenters. The molecule has 0 spiro atoms. The van der Waals surface area contributed by atoms with E-state index in [4.69, 9.17) is 18.5 Å². The van der Waals surface area contributed by atoms with E-state index in [2.05, 4.69) is 55.6 Å². The van der Waals surface area contributed by atoms with Crippen molar-refractivity contribution in [1.29, 1.82) is 0 Å². The molecule has 0 saturated carbocycles. The second kappa shape index (κ2) is 44.8. The second-order valence-corrected chi connectivity index (χ2v) is 17.4. The van der Waals surface area contributed by atoms with Crippen LogP contribution in [0.15, 0.2) is 36.5 Å². The van der Waals surface area contributed by atoms with E-state index in [1.807, 2.05) is 0 Å². The molecule has 0 aromatic rings. The highest BCUT2D eigenvalue weighted by Gasteiger charge is 2.26. The minimum Gasteiger partial charge on any atom is -0.462 e. The first kappa shape index (κ1) is 56.2. The average Bonchev–Trinajstić information content (AvgIpc) is 3.21. The number of allylic oxidation sites excluding steroid dienone is 6. The summed E-state index contributed by atoms with van der Waals surface area (Å²) >= 11 is 0. The van der Waals surface area contributed by atoms with E-state index in [0.29, 0.717) is 13.0 Å². The highest BCUT2D eigenvalue weighted by molar-refractivity contribution is 7.47. The van der Waals surface area contributed by atoms with Crippen LogP contribution in [-0.2, 0) is 32.7 Å². The molecule has 0 heterocycles. The van der Waals surface area contributed by atoms with Gasteiger partial charge in [0.15, 0.2) is 6.10 Å². The number of nitrogens with one attached hydrogen (secondary N) is 1. The van der Waals surface area contributed by atoms with Gasteiger partial charge in [0.25, 0.3) is 0 Å². The van der Waals surface area contributed by atoms with Crippen molar-refractivity contribution < 1.29 is 37.6 Å². The highest BCUT2D eigenvalue weighted by Crippen LogP contribution is 2.43. The lowest BCUT2D eigenvalue weighted by molar-refractivity contribution is -0.161. The van der Waals surface area contributed by atoms with E-state index in [1.165, 1.54) is 128 Å². The minimum absolute atomic E-state index is 0.0184. The van der Waals surface area contributed by atoms with Gasteiger partial charge in [0.05, 0.1) is 13.2 Å². The Bertz CT molecular complexity index is 1050. The molecule has 0 aliphatic rings. The lowest BCUT2D eigenvalue weighted by Crippen LogP contribution is -2.29. The van der Waals surface area contributed by atoms with Crippen molar-refractivity contribution in [3.05, 3.63) is 36.5 Å². The molecule has 58 heavy (non-hydrogen) atoms. The lowest BCUT2D eigenvalue weighted by Gasteiger charge is -2.20. The monoisotopic (exact) mass is 840 g/mol. The number of phosphoric ester groups is 1. The van der Waals surface area contributed by atoms with Crippen molar-refractivity contribution in [2.24, 2.45) is 0 Å². The van der Waals surface area contributed by atoms with Gasteiger partial charge < -0.3 is 19.7 Å². The van der Waals surface area contributed by atoms with Gasteiger partial charge in [0.1, 0.15) is 6.61 Å². The van der Waals surface area contributed by atoms with Crippen LogP contribution < -0.4 is 5.32 Å². The Kier molecular flexibility index (Phi) is 43.4. The van der Waals surface area contributed by atoms with E-state index in [0.717, 1.165) is 57.8 Å². The molecule has 0 aromatic heterocycles. The van der Waals surface area contributed by atoms with Crippen LogP contribution in [0.5, 0.6) is 0 Å². The summed E-state index contributed by atoms with van der Waals surface area (Å²) in [7, 11) is -2.65. The Morgan fingerprint density at radius 2 is 0.931 bits per heavy atom. The van der Waals surface area contributed by atoms with Crippen LogP contribution in [0.25, 0.3) is 0 Å². The quantitative estimate of drug-likeness (QED) is 0.0267. The summed E-state index contributed by atoms with van der Waals surface area (Å²) in [6.45, 7) is 4.21. The number of phosphoric acid groups is 1. The molecule has 2 atom stereocenters. The Morgan fingerprint density at radius 3 is 1.41 bits per heavy atom. The fourth-order valence-electron chi connectivity index (χ4n) is 6.58.